The quantitative estimate of drug-likeness (QED) is 0.0271. The normalized spacial score (nSPS) is 14.6. The van der Waals surface area contributed by atoms with Crippen molar-refractivity contribution in [3.05, 3.63) is 122 Å². The third-order valence-corrected chi connectivity index (χ3v) is 9.36. The molecule has 0 fully saturated rings. The van der Waals surface area contributed by atoms with Gasteiger partial charge in [0.1, 0.15) is 6.10 Å². The number of allylic oxidation sites excluding steroid dienone is 20. The summed E-state index contributed by atoms with van der Waals surface area (Å²) in [6.45, 7) is 4.54. The molecule has 0 amide bonds. The summed E-state index contributed by atoms with van der Waals surface area (Å²) in [6.07, 6.45) is 62.2. The number of phosphoric ester groups is 1. The highest BCUT2D eigenvalue weighted by Crippen LogP contribution is 2.43. The van der Waals surface area contributed by atoms with Gasteiger partial charge in [-0.05, 0) is 103 Å². The van der Waals surface area contributed by atoms with Gasteiger partial charge in [0.2, 0.25) is 0 Å². The number of ether oxygens (including phenoxy) is 2. The maximum Gasteiger partial charge on any atom is 0.472 e. The van der Waals surface area contributed by atoms with E-state index < -0.39 is 13.9 Å². The van der Waals surface area contributed by atoms with Gasteiger partial charge in [0.15, 0.2) is 0 Å². The minimum atomic E-state index is -4.31. The van der Waals surface area contributed by atoms with E-state index >= 15 is 0 Å². The SMILES string of the molecule is CC/C=C\C/C=C\C/C=C\C/C=C\C/C=C\C/C=C\CCCCC(=O)OC(COCCCCCCC/C=C\C/C=C\C/C=C\C/C=C\CC)COP(=O)(O)OCCN. The molecule has 58 heavy (non-hydrogen) atoms. The van der Waals surface area contributed by atoms with Crippen molar-refractivity contribution in [3.63, 3.8) is 0 Å². The summed E-state index contributed by atoms with van der Waals surface area (Å²) in [5.74, 6) is -0.385. The molecule has 0 rings (SSSR count). The number of nitrogens with two attached hydrogens (primary N) is 1. The highest BCUT2D eigenvalue weighted by atomic mass is 31.2. The Morgan fingerprint density at radius 1 is 0.517 bits per heavy atom. The van der Waals surface area contributed by atoms with E-state index in [-0.39, 0.29) is 38.8 Å². The van der Waals surface area contributed by atoms with Crippen molar-refractivity contribution in [3.8, 4) is 0 Å². The molecule has 2 atom stereocenters. The molecule has 2 unspecified atom stereocenters. The first kappa shape index (κ1) is 54.9. The van der Waals surface area contributed by atoms with Crippen molar-refractivity contribution < 1.29 is 32.8 Å². The molecule has 0 spiro atoms. The van der Waals surface area contributed by atoms with Crippen LogP contribution in [0.3, 0.4) is 0 Å². The summed E-state index contributed by atoms with van der Waals surface area (Å²) in [5, 5.41) is 0. The number of hydrogen-bond acceptors (Lipinski definition) is 7. The molecule has 0 aliphatic carbocycles. The first-order chi connectivity index (χ1) is 28.4. The molecule has 0 heterocycles. The number of unbranched alkanes of at least 4 members (excludes halogenated alkanes) is 7. The topological polar surface area (TPSA) is 117 Å². The van der Waals surface area contributed by atoms with Crippen LogP contribution in [-0.2, 0) is 27.9 Å². The van der Waals surface area contributed by atoms with E-state index in [1.807, 2.05) is 0 Å². The van der Waals surface area contributed by atoms with Gasteiger partial charge in [-0.25, -0.2) is 4.57 Å². The number of phosphoric acid groups is 1. The molecule has 0 aromatic carbocycles. The van der Waals surface area contributed by atoms with Crippen LogP contribution >= 0.6 is 7.82 Å². The molecule has 0 aliphatic heterocycles. The van der Waals surface area contributed by atoms with Crippen LogP contribution < -0.4 is 5.73 Å². The zero-order valence-electron chi connectivity index (χ0n) is 36.2. The van der Waals surface area contributed by atoms with E-state index in [1.54, 1.807) is 0 Å². The third-order valence-electron chi connectivity index (χ3n) is 8.37. The summed E-state index contributed by atoms with van der Waals surface area (Å²) in [4.78, 5) is 22.5. The van der Waals surface area contributed by atoms with Crippen LogP contribution in [-0.4, -0.2) is 49.9 Å². The monoisotopic (exact) mass is 826 g/mol. The predicted molar refractivity (Wildman–Crippen MR) is 247 cm³/mol. The van der Waals surface area contributed by atoms with Gasteiger partial charge in [0.05, 0.1) is 19.8 Å². The molecule has 0 radical (unpaired) electrons. The van der Waals surface area contributed by atoms with Gasteiger partial charge in [-0.1, -0.05) is 155 Å². The molecule has 0 aromatic heterocycles. The van der Waals surface area contributed by atoms with Crippen molar-refractivity contribution in [1.82, 2.24) is 0 Å². The number of hydrogen-bond donors (Lipinski definition) is 2. The average Bonchev–Trinajstić information content (AvgIpc) is 3.21. The average molecular weight is 826 g/mol. The lowest BCUT2D eigenvalue weighted by Crippen LogP contribution is -2.28. The maximum atomic E-state index is 12.6. The second-order valence-electron chi connectivity index (χ2n) is 13.8. The summed E-state index contributed by atoms with van der Waals surface area (Å²) in [7, 11) is -4.31. The lowest BCUT2D eigenvalue weighted by atomic mass is 10.1. The predicted octanol–water partition coefficient (Wildman–Crippen LogP) is 13.4. The zero-order valence-corrected chi connectivity index (χ0v) is 37.1. The molecule has 0 bridgehead atoms. The summed E-state index contributed by atoms with van der Waals surface area (Å²) < 4.78 is 33.4. The van der Waals surface area contributed by atoms with Crippen LogP contribution in [0.2, 0.25) is 0 Å². The molecule has 3 N–H and O–H groups in total. The van der Waals surface area contributed by atoms with Crippen molar-refractivity contribution in [2.24, 2.45) is 5.73 Å². The number of esters is 1. The standard InChI is InChI=1S/C49H80NO7P/c1-3-5-7-9-11-13-15-17-19-21-23-24-25-26-28-30-32-34-36-38-40-42-49(51)57-48(47-56-58(52,53)55-45-43-50)46-54-44-41-39-37-35-33-31-29-27-22-20-18-16-14-12-10-8-6-4-2/h5-8,11-14,17-20,23-24,26-29,32,34,48H,3-4,9-10,15-16,21-22,25,30-31,33,35-47,50H2,1-2H3,(H,52,53)/b7-5-,8-6-,13-11-,14-12-,19-17-,20-18-,24-23-,28-26-,29-27-,34-32-. The van der Waals surface area contributed by atoms with E-state index in [4.69, 9.17) is 24.3 Å². The molecule has 0 aliphatic rings. The van der Waals surface area contributed by atoms with E-state index in [2.05, 4.69) is 135 Å². The Balaban J connectivity index is 4.20. The van der Waals surface area contributed by atoms with Crippen LogP contribution in [0, 0.1) is 0 Å². The first-order valence-electron chi connectivity index (χ1n) is 22.0. The molecule has 0 saturated carbocycles. The minimum Gasteiger partial charge on any atom is -0.457 e. The van der Waals surface area contributed by atoms with Crippen LogP contribution in [0.1, 0.15) is 142 Å². The second kappa shape index (κ2) is 45.0. The molecule has 0 saturated heterocycles. The van der Waals surface area contributed by atoms with Crippen molar-refractivity contribution in [2.45, 2.75) is 148 Å². The molecule has 0 aromatic rings. The second-order valence-corrected chi connectivity index (χ2v) is 15.2. The first-order valence-corrected chi connectivity index (χ1v) is 23.5. The summed E-state index contributed by atoms with van der Waals surface area (Å²) in [6, 6.07) is 0. The van der Waals surface area contributed by atoms with Crippen molar-refractivity contribution in [1.29, 1.82) is 0 Å². The Hall–Kier alpha value is -3.10. The lowest BCUT2D eigenvalue weighted by molar-refractivity contribution is -0.154. The Morgan fingerprint density at radius 3 is 1.36 bits per heavy atom. The van der Waals surface area contributed by atoms with Gasteiger partial charge < -0.3 is 20.1 Å². The molecular formula is C49H80NO7P. The largest absolute Gasteiger partial charge is 0.472 e. The smallest absolute Gasteiger partial charge is 0.457 e. The van der Waals surface area contributed by atoms with Crippen LogP contribution in [0.5, 0.6) is 0 Å². The van der Waals surface area contributed by atoms with E-state index in [0.717, 1.165) is 103 Å². The zero-order chi connectivity index (χ0) is 42.3. The Morgan fingerprint density at radius 2 is 0.914 bits per heavy atom. The minimum absolute atomic E-state index is 0.0764. The fraction of sp³-hybridized carbons (Fsp3) is 0.571. The van der Waals surface area contributed by atoms with E-state index in [1.165, 1.54) is 12.8 Å². The molecular weight excluding hydrogens is 746 g/mol. The number of carbonyl (C=O) groups is 1. The van der Waals surface area contributed by atoms with E-state index in [0.29, 0.717) is 13.0 Å². The van der Waals surface area contributed by atoms with Gasteiger partial charge in [-0.2, -0.15) is 0 Å². The molecule has 8 nitrogen and oxygen atoms in total. The lowest BCUT2D eigenvalue weighted by Gasteiger charge is -2.20. The van der Waals surface area contributed by atoms with Gasteiger partial charge >= 0.3 is 13.8 Å². The molecule has 328 valence electrons. The third kappa shape index (κ3) is 44.0. The fourth-order valence-electron chi connectivity index (χ4n) is 5.22. The Labute approximate surface area is 354 Å². The number of carbonyl (C=O) groups excluding carboxylic acids is 1. The molecule has 9 heteroatoms. The van der Waals surface area contributed by atoms with Crippen LogP contribution in [0.25, 0.3) is 0 Å². The van der Waals surface area contributed by atoms with Crippen molar-refractivity contribution >= 4 is 13.8 Å². The van der Waals surface area contributed by atoms with Gasteiger partial charge in [-0.3, -0.25) is 13.8 Å². The Bertz CT molecular complexity index is 1290. The summed E-state index contributed by atoms with van der Waals surface area (Å²) in [5.41, 5.74) is 5.37. The maximum absolute atomic E-state index is 12.6. The Kier molecular flexibility index (Phi) is 42.6. The highest BCUT2D eigenvalue weighted by molar-refractivity contribution is 7.47. The highest BCUT2D eigenvalue weighted by Gasteiger charge is 2.25. The number of rotatable bonds is 40. The van der Waals surface area contributed by atoms with Crippen molar-refractivity contribution in [2.75, 3.05) is 33.0 Å². The van der Waals surface area contributed by atoms with Crippen LogP contribution in [0.4, 0.5) is 0 Å². The van der Waals surface area contributed by atoms with Gasteiger partial charge in [0, 0.05) is 19.6 Å². The van der Waals surface area contributed by atoms with Gasteiger partial charge in [0.25, 0.3) is 0 Å². The van der Waals surface area contributed by atoms with Crippen LogP contribution in [0.15, 0.2) is 122 Å². The fourth-order valence-corrected chi connectivity index (χ4v) is 5.99. The summed E-state index contributed by atoms with van der Waals surface area (Å²) >= 11 is 0. The van der Waals surface area contributed by atoms with Gasteiger partial charge in [-0.15, -0.1) is 0 Å². The van der Waals surface area contributed by atoms with E-state index in [9.17, 15) is 14.3 Å².